The summed E-state index contributed by atoms with van der Waals surface area (Å²) in [6.45, 7) is 2.38. The van der Waals surface area contributed by atoms with E-state index in [4.69, 9.17) is 21.1 Å². The average Bonchev–Trinajstić information content (AvgIpc) is 2.64. The first kappa shape index (κ1) is 17.6. The Hall–Kier alpha value is -1.20. The molecule has 0 fully saturated rings. The molecule has 24 heavy (non-hydrogen) atoms. The minimum absolute atomic E-state index is 0.00654. The van der Waals surface area contributed by atoms with Crippen LogP contribution in [0.3, 0.4) is 0 Å². The van der Waals surface area contributed by atoms with Crippen molar-refractivity contribution in [3.63, 3.8) is 0 Å². The van der Waals surface area contributed by atoms with Crippen LogP contribution in [0.5, 0.6) is 5.75 Å². The van der Waals surface area contributed by atoms with Crippen LogP contribution < -0.4 is 4.74 Å². The zero-order valence-electron chi connectivity index (χ0n) is 13.8. The Balaban J connectivity index is 1.80. The third kappa shape index (κ3) is 4.25. The number of nitrogens with zero attached hydrogens (tertiary/aromatic N) is 1. The van der Waals surface area contributed by atoms with Crippen molar-refractivity contribution in [2.24, 2.45) is 0 Å². The fourth-order valence-electron chi connectivity index (χ4n) is 2.83. The van der Waals surface area contributed by atoms with Crippen LogP contribution in [-0.4, -0.2) is 30.4 Å². The van der Waals surface area contributed by atoms with E-state index < -0.39 is 0 Å². The van der Waals surface area contributed by atoms with Gasteiger partial charge in [-0.25, -0.2) is 4.31 Å². The van der Waals surface area contributed by atoms with Crippen LogP contribution in [0.4, 0.5) is 0 Å². The molecule has 1 unspecified atom stereocenters. The van der Waals surface area contributed by atoms with Crippen molar-refractivity contribution in [2.45, 2.75) is 24.0 Å². The molecule has 1 heterocycles. The molecule has 5 heteroatoms. The van der Waals surface area contributed by atoms with E-state index in [2.05, 4.69) is 22.5 Å². The third-order valence-corrected chi connectivity index (χ3v) is 5.41. The lowest BCUT2D eigenvalue weighted by atomic mass is 10.1. The molecule has 0 spiro atoms. The molecule has 3 nitrogen and oxygen atoms in total. The number of alkyl halides is 1. The van der Waals surface area contributed by atoms with Gasteiger partial charge in [0, 0.05) is 29.4 Å². The van der Waals surface area contributed by atoms with E-state index in [-0.39, 0.29) is 6.10 Å². The smallest absolute Gasteiger partial charge is 0.125 e. The van der Waals surface area contributed by atoms with Crippen molar-refractivity contribution in [3.05, 3.63) is 59.7 Å². The zero-order valence-corrected chi connectivity index (χ0v) is 15.4. The van der Waals surface area contributed by atoms with Gasteiger partial charge in [-0.3, -0.25) is 0 Å². The normalized spacial score (nSPS) is 17.5. The molecule has 0 saturated heterocycles. The number of hydrogen-bond donors (Lipinski definition) is 0. The predicted molar refractivity (Wildman–Crippen MR) is 99.7 cm³/mol. The quantitative estimate of drug-likeness (QED) is 0.515. The first-order valence-corrected chi connectivity index (χ1v) is 9.44. The number of halogens is 1. The van der Waals surface area contributed by atoms with Gasteiger partial charge < -0.3 is 9.47 Å². The van der Waals surface area contributed by atoms with Gasteiger partial charge in [0.05, 0.1) is 13.7 Å². The molecule has 0 saturated carbocycles. The van der Waals surface area contributed by atoms with Crippen molar-refractivity contribution in [3.8, 4) is 5.75 Å². The van der Waals surface area contributed by atoms with E-state index in [0.29, 0.717) is 12.5 Å². The van der Waals surface area contributed by atoms with E-state index in [1.807, 2.05) is 30.3 Å². The molecule has 2 aromatic carbocycles. The van der Waals surface area contributed by atoms with Crippen LogP contribution in [0.2, 0.25) is 0 Å². The molecule has 128 valence electrons. The minimum Gasteiger partial charge on any atom is -0.496 e. The molecule has 0 radical (unpaired) electrons. The molecule has 1 aliphatic heterocycles. The summed E-state index contributed by atoms with van der Waals surface area (Å²) < 4.78 is 14.2. The van der Waals surface area contributed by atoms with Crippen molar-refractivity contribution in [1.82, 2.24) is 4.31 Å². The number of methoxy groups -OCH3 is 1. The summed E-state index contributed by atoms with van der Waals surface area (Å²) in [5, 5.41) is 0. The Morgan fingerprint density at radius 1 is 1.17 bits per heavy atom. The minimum atomic E-state index is -0.00654. The summed E-state index contributed by atoms with van der Waals surface area (Å²) in [6.07, 6.45) is 0.965. The highest BCUT2D eigenvalue weighted by atomic mass is 35.5. The third-order valence-electron chi connectivity index (χ3n) is 4.00. The molecule has 0 bridgehead atoms. The maximum absolute atomic E-state index is 6.28. The maximum atomic E-state index is 6.28. The van der Waals surface area contributed by atoms with Gasteiger partial charge in [0.2, 0.25) is 0 Å². The van der Waals surface area contributed by atoms with E-state index in [1.165, 1.54) is 10.5 Å². The van der Waals surface area contributed by atoms with Gasteiger partial charge in [-0.2, -0.15) is 0 Å². The molecule has 0 aromatic heterocycles. The lowest BCUT2D eigenvalue weighted by Gasteiger charge is -2.34. The Kier molecular flexibility index (Phi) is 6.44. The molecule has 3 rings (SSSR count). The lowest BCUT2D eigenvalue weighted by molar-refractivity contribution is 0.0233. The monoisotopic (exact) mass is 363 g/mol. The Bertz CT molecular complexity index is 653. The lowest BCUT2D eigenvalue weighted by Crippen LogP contribution is -2.30. The van der Waals surface area contributed by atoms with Crippen molar-refractivity contribution in [1.29, 1.82) is 0 Å². The molecule has 2 aromatic rings. The highest BCUT2D eigenvalue weighted by Crippen LogP contribution is 2.43. The van der Waals surface area contributed by atoms with Crippen LogP contribution in [-0.2, 0) is 11.3 Å². The number of benzene rings is 2. The van der Waals surface area contributed by atoms with E-state index in [0.717, 1.165) is 30.8 Å². The van der Waals surface area contributed by atoms with E-state index >= 15 is 0 Å². The summed E-state index contributed by atoms with van der Waals surface area (Å²) in [6, 6.07) is 16.4. The fraction of sp³-hybridized carbons (Fsp3) is 0.368. The second-order valence-electron chi connectivity index (χ2n) is 5.68. The summed E-state index contributed by atoms with van der Waals surface area (Å²) in [5.74, 6) is 1.58. The van der Waals surface area contributed by atoms with Gasteiger partial charge in [-0.1, -0.05) is 36.4 Å². The second kappa shape index (κ2) is 8.77. The van der Waals surface area contributed by atoms with Gasteiger partial charge in [-0.15, -0.1) is 11.6 Å². The van der Waals surface area contributed by atoms with Gasteiger partial charge >= 0.3 is 0 Å². The SMILES string of the molecule is COc1cccc2c1C(OCc1ccccc1)CN(CCCCl)S2. The summed E-state index contributed by atoms with van der Waals surface area (Å²) >= 11 is 7.63. The van der Waals surface area contributed by atoms with Crippen molar-refractivity contribution >= 4 is 23.5 Å². The molecule has 1 aliphatic rings. The number of rotatable bonds is 7. The van der Waals surface area contributed by atoms with Crippen molar-refractivity contribution < 1.29 is 9.47 Å². The highest BCUT2D eigenvalue weighted by molar-refractivity contribution is 7.97. The van der Waals surface area contributed by atoms with E-state index in [9.17, 15) is 0 Å². The standard InChI is InChI=1S/C19H22ClNO2S/c1-22-16-9-5-10-18-19(16)17(13-21(24-18)12-6-11-20)23-14-15-7-3-2-4-8-15/h2-5,7-10,17H,6,11-14H2,1H3. The summed E-state index contributed by atoms with van der Waals surface area (Å²) in [7, 11) is 1.72. The Labute approximate surface area is 153 Å². The van der Waals surface area contributed by atoms with Gasteiger partial charge in [0.1, 0.15) is 11.9 Å². The number of fused-ring (bicyclic) bond motifs is 1. The Morgan fingerprint density at radius 2 is 2.00 bits per heavy atom. The zero-order chi connectivity index (χ0) is 16.8. The predicted octanol–water partition coefficient (Wildman–Crippen LogP) is 4.90. The molecular weight excluding hydrogens is 342 g/mol. The molecule has 0 aliphatic carbocycles. The van der Waals surface area contributed by atoms with Crippen molar-refractivity contribution in [2.75, 3.05) is 26.1 Å². The van der Waals surface area contributed by atoms with Crippen LogP contribution in [0.1, 0.15) is 23.7 Å². The van der Waals surface area contributed by atoms with Gasteiger partial charge in [0.25, 0.3) is 0 Å². The molecule has 0 amide bonds. The fourth-order valence-corrected chi connectivity index (χ4v) is 4.13. The van der Waals surface area contributed by atoms with Crippen LogP contribution in [0, 0.1) is 0 Å². The largest absolute Gasteiger partial charge is 0.496 e. The summed E-state index contributed by atoms with van der Waals surface area (Å²) in [5.41, 5.74) is 2.34. The molecule has 0 N–H and O–H groups in total. The first-order valence-electron chi connectivity index (χ1n) is 8.13. The second-order valence-corrected chi connectivity index (χ2v) is 7.20. The number of ether oxygens (including phenoxy) is 2. The highest BCUT2D eigenvalue weighted by Gasteiger charge is 2.29. The van der Waals surface area contributed by atoms with Gasteiger partial charge in [0.15, 0.2) is 0 Å². The maximum Gasteiger partial charge on any atom is 0.125 e. The van der Waals surface area contributed by atoms with Crippen LogP contribution in [0.15, 0.2) is 53.4 Å². The van der Waals surface area contributed by atoms with Crippen LogP contribution >= 0.6 is 23.5 Å². The molecule has 1 atom stereocenters. The van der Waals surface area contributed by atoms with Crippen LogP contribution in [0.25, 0.3) is 0 Å². The Morgan fingerprint density at radius 3 is 2.75 bits per heavy atom. The summed E-state index contributed by atoms with van der Waals surface area (Å²) in [4.78, 5) is 1.20. The first-order chi connectivity index (χ1) is 11.8. The van der Waals surface area contributed by atoms with E-state index in [1.54, 1.807) is 19.1 Å². The topological polar surface area (TPSA) is 21.7 Å². The average molecular weight is 364 g/mol. The molecular formula is C19H22ClNO2S. The van der Waals surface area contributed by atoms with Gasteiger partial charge in [-0.05, 0) is 36.1 Å². The number of hydrogen-bond acceptors (Lipinski definition) is 4.